The first-order valence-electron chi connectivity index (χ1n) is 8.20. The summed E-state index contributed by atoms with van der Waals surface area (Å²) in [4.78, 5) is 14.5. The topological polar surface area (TPSA) is 38.8 Å². The first-order valence-corrected chi connectivity index (χ1v) is 8.20. The molecular weight excluding hydrogens is 278 g/mol. The Morgan fingerprint density at radius 1 is 1.23 bits per heavy atom. The molecule has 1 aromatic carbocycles. The molecule has 0 radical (unpaired) electrons. The molecule has 0 bridgehead atoms. The van der Waals surface area contributed by atoms with Crippen molar-refractivity contribution in [1.82, 2.24) is 4.90 Å². The molecule has 1 aliphatic carbocycles. The van der Waals surface area contributed by atoms with E-state index in [0.717, 1.165) is 49.2 Å². The SMILES string of the molecule is CCCCCC(=O)N(Cc1cc(OC)ccc1OC)C1CC1. The largest absolute Gasteiger partial charge is 0.497 e. The second-order valence-electron chi connectivity index (χ2n) is 5.89. The van der Waals surface area contributed by atoms with Gasteiger partial charge in [0.1, 0.15) is 11.5 Å². The summed E-state index contributed by atoms with van der Waals surface area (Å²) in [5.74, 6) is 1.87. The zero-order valence-electron chi connectivity index (χ0n) is 13.9. The zero-order chi connectivity index (χ0) is 15.9. The number of benzene rings is 1. The normalized spacial score (nSPS) is 13.8. The summed E-state index contributed by atoms with van der Waals surface area (Å²) in [6.45, 7) is 2.76. The minimum atomic E-state index is 0.265. The lowest BCUT2D eigenvalue weighted by atomic mass is 10.1. The Balaban J connectivity index is 2.08. The van der Waals surface area contributed by atoms with E-state index in [4.69, 9.17) is 9.47 Å². The first kappa shape index (κ1) is 16.7. The molecule has 0 N–H and O–H groups in total. The van der Waals surface area contributed by atoms with Gasteiger partial charge in [-0.15, -0.1) is 0 Å². The summed E-state index contributed by atoms with van der Waals surface area (Å²) in [7, 11) is 3.32. The molecule has 0 unspecified atom stereocenters. The van der Waals surface area contributed by atoms with Crippen LogP contribution in [0.1, 0.15) is 51.0 Å². The molecule has 0 spiro atoms. The molecule has 4 nitrogen and oxygen atoms in total. The molecule has 1 saturated carbocycles. The number of methoxy groups -OCH3 is 2. The van der Waals surface area contributed by atoms with Crippen LogP contribution in [0.15, 0.2) is 18.2 Å². The van der Waals surface area contributed by atoms with Gasteiger partial charge in [0, 0.05) is 24.6 Å². The second-order valence-corrected chi connectivity index (χ2v) is 5.89. The lowest BCUT2D eigenvalue weighted by Gasteiger charge is -2.24. The maximum absolute atomic E-state index is 12.5. The van der Waals surface area contributed by atoms with Gasteiger partial charge in [-0.2, -0.15) is 0 Å². The van der Waals surface area contributed by atoms with Crippen LogP contribution in [-0.2, 0) is 11.3 Å². The Labute approximate surface area is 133 Å². The standard InChI is InChI=1S/C18H27NO3/c1-4-5-6-7-18(20)19(15-8-9-15)13-14-12-16(21-2)10-11-17(14)22-3/h10-12,15H,4-9,13H2,1-3H3. The van der Waals surface area contributed by atoms with E-state index in [9.17, 15) is 4.79 Å². The van der Waals surface area contributed by atoms with Gasteiger partial charge < -0.3 is 14.4 Å². The van der Waals surface area contributed by atoms with Crippen molar-refractivity contribution >= 4 is 5.91 Å². The monoisotopic (exact) mass is 305 g/mol. The fourth-order valence-electron chi connectivity index (χ4n) is 2.67. The van der Waals surface area contributed by atoms with E-state index in [1.54, 1.807) is 14.2 Å². The predicted molar refractivity (Wildman–Crippen MR) is 87.3 cm³/mol. The van der Waals surface area contributed by atoms with Gasteiger partial charge in [-0.3, -0.25) is 4.79 Å². The number of carbonyl (C=O) groups is 1. The molecule has 122 valence electrons. The summed E-state index contributed by atoms with van der Waals surface area (Å²) < 4.78 is 10.7. The van der Waals surface area contributed by atoms with Crippen LogP contribution in [0.25, 0.3) is 0 Å². The second kappa shape index (κ2) is 8.06. The van der Waals surface area contributed by atoms with Crippen LogP contribution in [0.4, 0.5) is 0 Å². The lowest BCUT2D eigenvalue weighted by molar-refractivity contribution is -0.132. The van der Waals surface area contributed by atoms with Crippen molar-refractivity contribution in [2.45, 2.75) is 58.0 Å². The number of ether oxygens (including phenoxy) is 2. The van der Waals surface area contributed by atoms with E-state index in [0.29, 0.717) is 19.0 Å². The Hall–Kier alpha value is -1.71. The number of amides is 1. The molecule has 0 saturated heterocycles. The van der Waals surface area contributed by atoms with Crippen LogP contribution in [0.2, 0.25) is 0 Å². The van der Waals surface area contributed by atoms with E-state index in [-0.39, 0.29) is 5.91 Å². The molecule has 0 aromatic heterocycles. The van der Waals surface area contributed by atoms with Gasteiger partial charge in [-0.05, 0) is 37.5 Å². The minimum absolute atomic E-state index is 0.265. The molecule has 1 fully saturated rings. The number of carbonyl (C=O) groups excluding carboxylic acids is 1. The van der Waals surface area contributed by atoms with Crippen molar-refractivity contribution < 1.29 is 14.3 Å². The summed E-state index contributed by atoms with van der Waals surface area (Å²) in [5, 5.41) is 0. The maximum atomic E-state index is 12.5. The van der Waals surface area contributed by atoms with Crippen LogP contribution in [-0.4, -0.2) is 31.1 Å². The third-order valence-corrected chi connectivity index (χ3v) is 4.13. The lowest BCUT2D eigenvalue weighted by Crippen LogP contribution is -2.32. The highest BCUT2D eigenvalue weighted by Crippen LogP contribution is 2.32. The van der Waals surface area contributed by atoms with Gasteiger partial charge in [-0.1, -0.05) is 19.8 Å². The van der Waals surface area contributed by atoms with E-state index < -0.39 is 0 Å². The van der Waals surface area contributed by atoms with Crippen LogP contribution in [0, 0.1) is 0 Å². The van der Waals surface area contributed by atoms with Crippen LogP contribution in [0.5, 0.6) is 11.5 Å². The Morgan fingerprint density at radius 3 is 2.59 bits per heavy atom. The van der Waals surface area contributed by atoms with Crippen molar-refractivity contribution in [3.63, 3.8) is 0 Å². The highest BCUT2D eigenvalue weighted by molar-refractivity contribution is 5.77. The van der Waals surface area contributed by atoms with Crippen LogP contribution in [0.3, 0.4) is 0 Å². The van der Waals surface area contributed by atoms with Gasteiger partial charge in [0.25, 0.3) is 0 Å². The number of unbranched alkanes of at least 4 members (excludes halogenated alkanes) is 2. The van der Waals surface area contributed by atoms with E-state index in [2.05, 4.69) is 6.92 Å². The van der Waals surface area contributed by atoms with Crippen molar-refractivity contribution in [2.24, 2.45) is 0 Å². The number of rotatable bonds is 9. The van der Waals surface area contributed by atoms with Crippen molar-refractivity contribution in [3.8, 4) is 11.5 Å². The summed E-state index contributed by atoms with van der Waals surface area (Å²) >= 11 is 0. The predicted octanol–water partition coefficient (Wildman–Crippen LogP) is 3.78. The molecule has 1 aromatic rings. The molecule has 4 heteroatoms. The highest BCUT2D eigenvalue weighted by Gasteiger charge is 2.32. The maximum Gasteiger partial charge on any atom is 0.223 e. The first-order chi connectivity index (χ1) is 10.7. The van der Waals surface area contributed by atoms with Gasteiger partial charge in [-0.25, -0.2) is 0 Å². The molecule has 1 amide bonds. The average Bonchev–Trinajstić information content (AvgIpc) is 3.37. The summed E-state index contributed by atoms with van der Waals surface area (Å²) in [6, 6.07) is 6.16. The quantitative estimate of drug-likeness (QED) is 0.652. The highest BCUT2D eigenvalue weighted by atomic mass is 16.5. The number of nitrogens with zero attached hydrogens (tertiary/aromatic N) is 1. The van der Waals surface area contributed by atoms with Crippen LogP contribution >= 0.6 is 0 Å². The van der Waals surface area contributed by atoms with Crippen LogP contribution < -0.4 is 9.47 Å². The fourth-order valence-corrected chi connectivity index (χ4v) is 2.67. The van der Waals surface area contributed by atoms with E-state index >= 15 is 0 Å². The van der Waals surface area contributed by atoms with Gasteiger partial charge >= 0.3 is 0 Å². The number of hydrogen-bond donors (Lipinski definition) is 0. The van der Waals surface area contributed by atoms with E-state index in [1.807, 2.05) is 23.1 Å². The number of hydrogen-bond acceptors (Lipinski definition) is 3. The van der Waals surface area contributed by atoms with Crippen molar-refractivity contribution in [2.75, 3.05) is 14.2 Å². The Kier molecular flexibility index (Phi) is 6.10. The smallest absolute Gasteiger partial charge is 0.223 e. The Bertz CT molecular complexity index is 497. The van der Waals surface area contributed by atoms with E-state index in [1.165, 1.54) is 0 Å². The minimum Gasteiger partial charge on any atom is -0.497 e. The molecule has 2 rings (SSSR count). The third kappa shape index (κ3) is 4.39. The van der Waals surface area contributed by atoms with Crippen molar-refractivity contribution in [1.29, 1.82) is 0 Å². The summed E-state index contributed by atoms with van der Waals surface area (Å²) in [6.07, 6.45) is 6.12. The summed E-state index contributed by atoms with van der Waals surface area (Å²) in [5.41, 5.74) is 1.01. The molecule has 22 heavy (non-hydrogen) atoms. The average molecular weight is 305 g/mol. The van der Waals surface area contributed by atoms with Gasteiger partial charge in [0.05, 0.1) is 14.2 Å². The molecule has 0 heterocycles. The molecular formula is C18H27NO3. The molecule has 0 aliphatic heterocycles. The third-order valence-electron chi connectivity index (χ3n) is 4.13. The fraction of sp³-hybridized carbons (Fsp3) is 0.611. The molecule has 0 atom stereocenters. The Morgan fingerprint density at radius 2 is 2.00 bits per heavy atom. The zero-order valence-corrected chi connectivity index (χ0v) is 13.9. The van der Waals surface area contributed by atoms with Gasteiger partial charge in [0.2, 0.25) is 5.91 Å². The van der Waals surface area contributed by atoms with Gasteiger partial charge in [0.15, 0.2) is 0 Å². The molecule has 1 aliphatic rings. The van der Waals surface area contributed by atoms with Crippen molar-refractivity contribution in [3.05, 3.63) is 23.8 Å².